The van der Waals surface area contributed by atoms with E-state index >= 15 is 0 Å². The van der Waals surface area contributed by atoms with Gasteiger partial charge in [-0.1, -0.05) is 12.0 Å². The summed E-state index contributed by atoms with van der Waals surface area (Å²) in [7, 11) is 2.00. The van der Waals surface area contributed by atoms with E-state index in [1.54, 1.807) is 0 Å². The third-order valence-electron chi connectivity index (χ3n) is 4.55. The quantitative estimate of drug-likeness (QED) is 0.795. The number of hydrogen-bond donors (Lipinski definition) is 2. The first kappa shape index (κ1) is 19.1. The summed E-state index contributed by atoms with van der Waals surface area (Å²) in [6, 6.07) is 10.1. The molecule has 2 aromatic rings. The van der Waals surface area contributed by atoms with Crippen LogP contribution in [0.5, 0.6) is 5.75 Å². The number of rotatable bonds is 6. The van der Waals surface area contributed by atoms with Crippen molar-refractivity contribution >= 4 is 0 Å². The molecule has 0 aliphatic rings. The van der Waals surface area contributed by atoms with Gasteiger partial charge in [-0.15, -0.1) is 0 Å². The molecule has 0 aliphatic carbocycles. The fourth-order valence-corrected chi connectivity index (χ4v) is 2.47. The molecule has 0 saturated carbocycles. The first-order valence-corrected chi connectivity index (χ1v) is 8.56. The summed E-state index contributed by atoms with van der Waals surface area (Å²) in [5.74, 6) is 7.06. The molecule has 1 aromatic carbocycles. The van der Waals surface area contributed by atoms with Crippen LogP contribution >= 0.6 is 0 Å². The average molecular weight is 340 g/mol. The minimum atomic E-state index is -0.546. The summed E-state index contributed by atoms with van der Waals surface area (Å²) in [6.07, 6.45) is 1.54. The third-order valence-corrected chi connectivity index (χ3v) is 4.55. The zero-order chi connectivity index (χ0) is 18.4. The van der Waals surface area contributed by atoms with E-state index in [-0.39, 0.29) is 6.61 Å². The summed E-state index contributed by atoms with van der Waals surface area (Å²) in [4.78, 5) is 0. The molecular weight excluding hydrogens is 312 g/mol. The van der Waals surface area contributed by atoms with E-state index in [1.165, 1.54) is 11.1 Å². The van der Waals surface area contributed by atoms with Crippen molar-refractivity contribution in [1.82, 2.24) is 4.57 Å². The van der Waals surface area contributed by atoms with Gasteiger partial charge in [0.2, 0.25) is 0 Å². The van der Waals surface area contributed by atoms with Crippen LogP contribution in [0.15, 0.2) is 30.3 Å². The molecule has 25 heavy (non-hydrogen) atoms. The Labute approximate surface area is 150 Å². The standard InChI is InChI=1S/C21H28N2O2/c1-16-7-10-20(14-17(16)2)25-13-5-6-18-8-9-19(23(18)4)11-12-21(3,22)15-24/h7-10,14,24H,11-13,15,22H2,1-4H3. The van der Waals surface area contributed by atoms with Gasteiger partial charge >= 0.3 is 0 Å². The lowest BCUT2D eigenvalue weighted by Crippen LogP contribution is -2.40. The van der Waals surface area contributed by atoms with Crippen molar-refractivity contribution in [2.75, 3.05) is 13.2 Å². The highest BCUT2D eigenvalue weighted by molar-refractivity contribution is 5.35. The zero-order valence-electron chi connectivity index (χ0n) is 15.6. The van der Waals surface area contributed by atoms with Gasteiger partial charge in [0.15, 0.2) is 0 Å². The molecule has 0 saturated heterocycles. The topological polar surface area (TPSA) is 60.4 Å². The fraction of sp³-hybridized carbons (Fsp3) is 0.429. The van der Waals surface area contributed by atoms with Crippen LogP contribution in [0.3, 0.4) is 0 Å². The second-order valence-electron chi connectivity index (χ2n) is 6.92. The van der Waals surface area contributed by atoms with Crippen molar-refractivity contribution in [3.63, 3.8) is 0 Å². The minimum Gasteiger partial charge on any atom is -0.481 e. The highest BCUT2D eigenvalue weighted by Crippen LogP contribution is 2.16. The average Bonchev–Trinajstić information content (AvgIpc) is 2.93. The lowest BCUT2D eigenvalue weighted by molar-refractivity contribution is 0.200. The molecule has 0 fully saturated rings. The Kier molecular flexibility index (Phi) is 6.30. The summed E-state index contributed by atoms with van der Waals surface area (Å²) in [5.41, 5.74) is 10.0. The number of aryl methyl sites for hydroxylation is 3. The van der Waals surface area contributed by atoms with Gasteiger partial charge in [0.25, 0.3) is 0 Å². The van der Waals surface area contributed by atoms with Crippen LogP contribution in [-0.4, -0.2) is 28.4 Å². The van der Waals surface area contributed by atoms with E-state index in [1.807, 2.05) is 32.2 Å². The number of aliphatic hydroxyl groups is 1. The van der Waals surface area contributed by atoms with E-state index in [2.05, 4.69) is 42.4 Å². The Balaban J connectivity index is 1.93. The number of aliphatic hydroxyl groups excluding tert-OH is 1. The lowest BCUT2D eigenvalue weighted by Gasteiger charge is -2.21. The molecule has 0 amide bonds. The normalized spacial score (nSPS) is 13.0. The second kappa shape index (κ2) is 8.24. The van der Waals surface area contributed by atoms with E-state index in [0.29, 0.717) is 6.61 Å². The SMILES string of the molecule is Cc1ccc(OCC#Cc2ccc(CCC(C)(N)CO)n2C)cc1C. The summed E-state index contributed by atoms with van der Waals surface area (Å²) >= 11 is 0. The second-order valence-corrected chi connectivity index (χ2v) is 6.92. The van der Waals surface area contributed by atoms with Crippen LogP contribution in [0.25, 0.3) is 0 Å². The van der Waals surface area contributed by atoms with Crippen LogP contribution in [0.2, 0.25) is 0 Å². The maximum Gasteiger partial charge on any atom is 0.149 e. The molecule has 0 radical (unpaired) electrons. The molecule has 1 heterocycles. The maximum atomic E-state index is 9.25. The van der Waals surface area contributed by atoms with Gasteiger partial charge in [-0.2, -0.15) is 0 Å². The first-order valence-electron chi connectivity index (χ1n) is 8.56. The number of aromatic nitrogens is 1. The van der Waals surface area contributed by atoms with Crippen molar-refractivity contribution in [2.24, 2.45) is 12.8 Å². The van der Waals surface area contributed by atoms with Crippen LogP contribution in [0.4, 0.5) is 0 Å². The Bertz CT molecular complexity index is 779. The Hall–Kier alpha value is -2.22. The van der Waals surface area contributed by atoms with Crippen molar-refractivity contribution in [3.8, 4) is 17.6 Å². The Morgan fingerprint density at radius 2 is 1.96 bits per heavy atom. The molecule has 1 aromatic heterocycles. The van der Waals surface area contributed by atoms with Crippen LogP contribution in [0, 0.1) is 25.7 Å². The van der Waals surface area contributed by atoms with Gasteiger partial charge in [0, 0.05) is 18.3 Å². The highest BCUT2D eigenvalue weighted by Gasteiger charge is 2.17. The molecule has 1 atom stereocenters. The van der Waals surface area contributed by atoms with Gasteiger partial charge in [-0.05, 0) is 74.9 Å². The molecule has 0 spiro atoms. The first-order chi connectivity index (χ1) is 11.8. The largest absolute Gasteiger partial charge is 0.481 e. The summed E-state index contributed by atoms with van der Waals surface area (Å²) in [6.45, 7) is 6.36. The van der Waals surface area contributed by atoms with Crippen LogP contribution in [0.1, 0.15) is 35.9 Å². The molecule has 4 heteroatoms. The molecule has 0 aliphatic heterocycles. The van der Waals surface area contributed by atoms with Gasteiger partial charge in [0.05, 0.1) is 12.3 Å². The number of nitrogens with two attached hydrogens (primary N) is 1. The molecule has 134 valence electrons. The van der Waals surface area contributed by atoms with Gasteiger partial charge in [-0.3, -0.25) is 0 Å². The molecule has 1 unspecified atom stereocenters. The number of ether oxygens (including phenoxy) is 1. The number of benzene rings is 1. The minimum absolute atomic E-state index is 0.0140. The predicted octanol–water partition coefficient (Wildman–Crippen LogP) is 2.71. The van der Waals surface area contributed by atoms with Gasteiger partial charge in [-0.25, -0.2) is 0 Å². The Morgan fingerprint density at radius 1 is 1.20 bits per heavy atom. The highest BCUT2D eigenvalue weighted by atomic mass is 16.5. The monoisotopic (exact) mass is 340 g/mol. The van der Waals surface area contributed by atoms with E-state index in [9.17, 15) is 5.11 Å². The molecule has 0 bridgehead atoms. The maximum absolute atomic E-state index is 9.25. The van der Waals surface area contributed by atoms with Gasteiger partial charge in [0.1, 0.15) is 12.4 Å². The number of hydrogen-bond acceptors (Lipinski definition) is 3. The van der Waals surface area contributed by atoms with Crippen LogP contribution in [-0.2, 0) is 13.5 Å². The zero-order valence-corrected chi connectivity index (χ0v) is 15.6. The molecule has 2 rings (SSSR count). The van der Waals surface area contributed by atoms with Crippen LogP contribution < -0.4 is 10.5 Å². The van der Waals surface area contributed by atoms with Gasteiger partial charge < -0.3 is 20.1 Å². The van der Waals surface area contributed by atoms with Crippen molar-refractivity contribution < 1.29 is 9.84 Å². The molecule has 3 N–H and O–H groups in total. The third kappa shape index (κ3) is 5.38. The van der Waals surface area contributed by atoms with E-state index in [0.717, 1.165) is 30.0 Å². The van der Waals surface area contributed by atoms with Crippen molar-refractivity contribution in [1.29, 1.82) is 0 Å². The smallest absolute Gasteiger partial charge is 0.149 e. The summed E-state index contributed by atoms with van der Waals surface area (Å²) < 4.78 is 7.76. The van der Waals surface area contributed by atoms with E-state index in [4.69, 9.17) is 10.5 Å². The number of nitrogens with zero attached hydrogens (tertiary/aromatic N) is 1. The Morgan fingerprint density at radius 3 is 2.64 bits per heavy atom. The van der Waals surface area contributed by atoms with E-state index < -0.39 is 5.54 Å². The molecule has 4 nitrogen and oxygen atoms in total. The fourth-order valence-electron chi connectivity index (χ4n) is 2.47. The predicted molar refractivity (Wildman–Crippen MR) is 102 cm³/mol. The van der Waals surface area contributed by atoms with Crippen molar-refractivity contribution in [3.05, 3.63) is 52.8 Å². The van der Waals surface area contributed by atoms with Crippen molar-refractivity contribution in [2.45, 2.75) is 39.2 Å². The lowest BCUT2D eigenvalue weighted by atomic mass is 9.97. The summed E-state index contributed by atoms with van der Waals surface area (Å²) in [5, 5.41) is 9.25. The molecular formula is C21H28N2O2.